The van der Waals surface area contributed by atoms with Crippen LogP contribution < -0.4 is 10.6 Å². The Labute approximate surface area is 166 Å². The maximum Gasteiger partial charge on any atom is 0.410 e. The third-order valence-corrected chi connectivity index (χ3v) is 4.35. The van der Waals surface area contributed by atoms with Gasteiger partial charge in [-0.25, -0.2) is 4.79 Å². The van der Waals surface area contributed by atoms with Gasteiger partial charge in [-0.1, -0.05) is 19.9 Å². The molecule has 2 rings (SSSR count). The van der Waals surface area contributed by atoms with Crippen molar-refractivity contribution in [1.29, 1.82) is 0 Å². The lowest BCUT2D eigenvalue weighted by Gasteiger charge is -2.24. The second-order valence-electron chi connectivity index (χ2n) is 8.56. The molecular formula is C21H31N3O4. The Hall–Kier alpha value is -2.57. The van der Waals surface area contributed by atoms with Crippen LogP contribution in [0.3, 0.4) is 0 Å². The number of carbonyl (C=O) groups excluding carboxylic acids is 3. The van der Waals surface area contributed by atoms with Crippen molar-refractivity contribution < 1.29 is 19.1 Å². The molecule has 0 radical (unpaired) electrons. The molecule has 28 heavy (non-hydrogen) atoms. The molecule has 1 atom stereocenters. The summed E-state index contributed by atoms with van der Waals surface area (Å²) in [4.78, 5) is 38.0. The van der Waals surface area contributed by atoms with Crippen LogP contribution >= 0.6 is 0 Å². The molecule has 1 saturated heterocycles. The largest absolute Gasteiger partial charge is 0.444 e. The molecule has 0 saturated carbocycles. The number of hydrogen-bond acceptors (Lipinski definition) is 4. The first kappa shape index (κ1) is 21.7. The van der Waals surface area contributed by atoms with E-state index in [9.17, 15) is 14.4 Å². The van der Waals surface area contributed by atoms with Crippen molar-refractivity contribution in [3.8, 4) is 0 Å². The van der Waals surface area contributed by atoms with E-state index in [1.807, 2.05) is 34.6 Å². The topological polar surface area (TPSA) is 87.7 Å². The number of likely N-dealkylation sites (tertiary alicyclic amines) is 1. The van der Waals surface area contributed by atoms with E-state index in [-0.39, 0.29) is 29.7 Å². The lowest BCUT2D eigenvalue weighted by molar-refractivity contribution is -0.119. The number of carbonyl (C=O) groups is 3. The number of benzene rings is 1. The predicted octanol–water partition coefficient (Wildman–Crippen LogP) is 3.87. The van der Waals surface area contributed by atoms with Crippen LogP contribution in [0.25, 0.3) is 0 Å². The van der Waals surface area contributed by atoms with Gasteiger partial charge in [-0.15, -0.1) is 0 Å². The van der Waals surface area contributed by atoms with E-state index in [2.05, 4.69) is 10.6 Å². The summed E-state index contributed by atoms with van der Waals surface area (Å²) in [6.45, 7) is 10.3. The Morgan fingerprint density at radius 3 is 2.43 bits per heavy atom. The minimum absolute atomic E-state index is 0.0725. The van der Waals surface area contributed by atoms with Crippen molar-refractivity contribution in [2.75, 3.05) is 23.7 Å². The van der Waals surface area contributed by atoms with Crippen LogP contribution in [0.1, 0.15) is 47.5 Å². The van der Waals surface area contributed by atoms with Gasteiger partial charge in [-0.2, -0.15) is 0 Å². The first-order valence-electron chi connectivity index (χ1n) is 9.72. The molecule has 0 bridgehead atoms. The van der Waals surface area contributed by atoms with Crippen LogP contribution in [0, 0.1) is 11.8 Å². The van der Waals surface area contributed by atoms with Gasteiger partial charge in [0.2, 0.25) is 11.8 Å². The van der Waals surface area contributed by atoms with Crippen LogP contribution in [-0.4, -0.2) is 41.5 Å². The molecule has 1 unspecified atom stereocenters. The molecular weight excluding hydrogens is 358 g/mol. The van der Waals surface area contributed by atoms with Crippen molar-refractivity contribution in [3.63, 3.8) is 0 Å². The summed E-state index contributed by atoms with van der Waals surface area (Å²) >= 11 is 0. The summed E-state index contributed by atoms with van der Waals surface area (Å²) in [6, 6.07) is 7.08. The summed E-state index contributed by atoms with van der Waals surface area (Å²) < 4.78 is 5.38. The molecule has 1 aromatic carbocycles. The highest BCUT2D eigenvalue weighted by Gasteiger charge is 2.30. The number of anilines is 2. The smallest absolute Gasteiger partial charge is 0.410 e. The van der Waals surface area contributed by atoms with Crippen LogP contribution in [0.15, 0.2) is 24.3 Å². The van der Waals surface area contributed by atoms with E-state index < -0.39 is 5.60 Å². The number of amides is 3. The molecule has 7 nitrogen and oxygen atoms in total. The Morgan fingerprint density at radius 2 is 1.82 bits per heavy atom. The van der Waals surface area contributed by atoms with Crippen molar-refractivity contribution in [2.45, 2.75) is 53.1 Å². The highest BCUT2D eigenvalue weighted by Crippen LogP contribution is 2.23. The molecule has 0 spiro atoms. The fourth-order valence-electron chi connectivity index (χ4n) is 2.93. The molecule has 3 amide bonds. The highest BCUT2D eigenvalue weighted by atomic mass is 16.6. The maximum atomic E-state index is 12.4. The molecule has 1 aliphatic heterocycles. The summed E-state index contributed by atoms with van der Waals surface area (Å²) in [7, 11) is 0. The molecule has 1 heterocycles. The molecule has 154 valence electrons. The van der Waals surface area contributed by atoms with Gasteiger partial charge in [0.15, 0.2) is 0 Å². The van der Waals surface area contributed by atoms with Crippen molar-refractivity contribution in [1.82, 2.24) is 4.90 Å². The predicted molar refractivity (Wildman–Crippen MR) is 109 cm³/mol. The molecule has 0 aliphatic carbocycles. The maximum absolute atomic E-state index is 12.4. The average Bonchev–Trinajstić information content (AvgIpc) is 3.02. The highest BCUT2D eigenvalue weighted by molar-refractivity contribution is 5.94. The van der Waals surface area contributed by atoms with E-state index in [1.54, 1.807) is 29.2 Å². The SMILES string of the molecule is CC(C)C(=O)Nc1cccc(NC(=O)CC2CCN(C(=O)OC(C)(C)C)C2)c1. The third-order valence-electron chi connectivity index (χ3n) is 4.35. The zero-order valence-electron chi connectivity index (χ0n) is 17.4. The normalized spacial score (nSPS) is 16.8. The molecule has 7 heteroatoms. The third kappa shape index (κ3) is 6.87. The van der Waals surface area contributed by atoms with Gasteiger partial charge in [-0.05, 0) is 51.3 Å². The Bertz CT molecular complexity index is 725. The summed E-state index contributed by atoms with van der Waals surface area (Å²) in [6.07, 6.45) is 0.781. The van der Waals surface area contributed by atoms with E-state index in [1.165, 1.54) is 0 Å². The van der Waals surface area contributed by atoms with E-state index in [0.717, 1.165) is 6.42 Å². The number of ether oxygens (including phenoxy) is 1. The number of nitrogens with zero attached hydrogens (tertiary/aromatic N) is 1. The zero-order chi connectivity index (χ0) is 20.9. The quantitative estimate of drug-likeness (QED) is 0.800. The van der Waals surface area contributed by atoms with Crippen LogP contribution in [-0.2, 0) is 14.3 Å². The average molecular weight is 389 g/mol. The van der Waals surface area contributed by atoms with Gasteiger partial charge >= 0.3 is 6.09 Å². The van der Waals surface area contributed by atoms with Gasteiger partial charge in [0, 0.05) is 36.8 Å². The van der Waals surface area contributed by atoms with E-state index in [4.69, 9.17) is 4.74 Å². The van der Waals surface area contributed by atoms with Crippen molar-refractivity contribution in [3.05, 3.63) is 24.3 Å². The van der Waals surface area contributed by atoms with E-state index in [0.29, 0.717) is 30.9 Å². The Balaban J connectivity index is 1.84. The monoisotopic (exact) mass is 389 g/mol. The van der Waals surface area contributed by atoms with Crippen LogP contribution in [0.5, 0.6) is 0 Å². The van der Waals surface area contributed by atoms with Crippen LogP contribution in [0.4, 0.5) is 16.2 Å². The lowest BCUT2D eigenvalue weighted by atomic mass is 10.0. The van der Waals surface area contributed by atoms with Gasteiger partial charge in [0.1, 0.15) is 5.60 Å². The minimum Gasteiger partial charge on any atom is -0.444 e. The Kier molecular flexibility index (Phi) is 7.05. The second kappa shape index (κ2) is 9.08. The molecule has 1 aromatic rings. The van der Waals surface area contributed by atoms with Crippen molar-refractivity contribution in [2.24, 2.45) is 11.8 Å². The molecule has 1 fully saturated rings. The fourth-order valence-corrected chi connectivity index (χ4v) is 2.93. The Morgan fingerprint density at radius 1 is 1.18 bits per heavy atom. The second-order valence-corrected chi connectivity index (χ2v) is 8.56. The summed E-state index contributed by atoms with van der Waals surface area (Å²) in [5, 5.41) is 5.69. The van der Waals surface area contributed by atoms with Crippen LogP contribution in [0.2, 0.25) is 0 Å². The van der Waals surface area contributed by atoms with Gasteiger partial charge in [0.05, 0.1) is 0 Å². The molecule has 1 aliphatic rings. The molecule has 2 N–H and O–H groups in total. The summed E-state index contributed by atoms with van der Waals surface area (Å²) in [5.74, 6) is -0.190. The number of hydrogen-bond donors (Lipinski definition) is 2. The minimum atomic E-state index is -0.525. The lowest BCUT2D eigenvalue weighted by Crippen LogP contribution is -2.35. The van der Waals surface area contributed by atoms with Gasteiger partial charge in [-0.3, -0.25) is 9.59 Å². The number of nitrogens with one attached hydrogen (secondary N) is 2. The first-order valence-corrected chi connectivity index (χ1v) is 9.72. The van der Waals surface area contributed by atoms with E-state index >= 15 is 0 Å². The first-order chi connectivity index (χ1) is 13.0. The number of rotatable bonds is 5. The van der Waals surface area contributed by atoms with Gasteiger partial charge < -0.3 is 20.3 Å². The zero-order valence-corrected chi connectivity index (χ0v) is 17.4. The summed E-state index contributed by atoms with van der Waals surface area (Å²) in [5.41, 5.74) is 0.754. The van der Waals surface area contributed by atoms with Crippen molar-refractivity contribution >= 4 is 29.3 Å². The molecule has 0 aromatic heterocycles. The standard InChI is InChI=1S/C21H31N3O4/c1-14(2)19(26)23-17-8-6-7-16(12-17)22-18(25)11-15-9-10-24(13-15)20(27)28-21(3,4)5/h6-8,12,14-15H,9-11,13H2,1-5H3,(H,22,25)(H,23,26). The fraction of sp³-hybridized carbons (Fsp3) is 0.571. The van der Waals surface area contributed by atoms with Gasteiger partial charge in [0.25, 0.3) is 0 Å².